The average molecular weight is 360 g/mol. The highest BCUT2D eigenvalue weighted by atomic mass is 19.1. The molecule has 1 aromatic carbocycles. The largest absolute Gasteiger partial charge is 0.477 e. The molecular formula is C19H18F2N2O3. The first-order chi connectivity index (χ1) is 12.5. The predicted molar refractivity (Wildman–Crippen MR) is 89.7 cm³/mol. The van der Waals surface area contributed by atoms with Gasteiger partial charge in [0.1, 0.15) is 17.3 Å². The molecule has 1 saturated carbocycles. The number of rotatable bonds is 5. The normalized spacial score (nSPS) is 14.4. The van der Waals surface area contributed by atoms with Crippen LogP contribution in [-0.4, -0.2) is 32.9 Å². The van der Waals surface area contributed by atoms with Gasteiger partial charge in [-0.3, -0.25) is 4.79 Å². The van der Waals surface area contributed by atoms with Crippen LogP contribution >= 0.6 is 0 Å². The molecule has 1 fully saturated rings. The number of nitrogens with zero attached hydrogens (tertiary/aromatic N) is 2. The highest BCUT2D eigenvalue weighted by Crippen LogP contribution is 2.27. The summed E-state index contributed by atoms with van der Waals surface area (Å²) in [6.45, 7) is -0.0478. The lowest BCUT2D eigenvalue weighted by Crippen LogP contribution is -2.38. The van der Waals surface area contributed by atoms with Crippen molar-refractivity contribution in [3.8, 4) is 0 Å². The first-order valence-corrected chi connectivity index (χ1v) is 8.40. The van der Waals surface area contributed by atoms with Gasteiger partial charge in [-0.05, 0) is 43.2 Å². The van der Waals surface area contributed by atoms with Crippen molar-refractivity contribution >= 4 is 11.9 Å². The van der Waals surface area contributed by atoms with Gasteiger partial charge < -0.3 is 10.0 Å². The van der Waals surface area contributed by atoms with Gasteiger partial charge in [0.2, 0.25) is 0 Å². The van der Waals surface area contributed by atoms with Crippen molar-refractivity contribution in [3.05, 3.63) is 65.0 Å². The number of aromatic nitrogens is 1. The van der Waals surface area contributed by atoms with E-state index < -0.39 is 17.6 Å². The molecule has 2 aromatic rings. The lowest BCUT2D eigenvalue weighted by molar-refractivity contribution is 0.0655. The summed E-state index contributed by atoms with van der Waals surface area (Å²) in [5, 5.41) is 8.91. The number of hydrogen-bond donors (Lipinski definition) is 1. The van der Waals surface area contributed by atoms with E-state index in [2.05, 4.69) is 4.98 Å². The molecule has 5 nitrogen and oxygen atoms in total. The standard InChI is InChI=1S/C19H18F2N2O3/c20-14-6-7-16(21)13(9-14)11-23(15-3-1-2-4-15)18(24)12-5-8-17(19(25)26)22-10-12/h5-10,15H,1-4,11H2,(H,25,26). The van der Waals surface area contributed by atoms with Crippen LogP contribution in [0.25, 0.3) is 0 Å². The Morgan fingerprint density at radius 1 is 1.15 bits per heavy atom. The number of carbonyl (C=O) groups is 2. The highest BCUT2D eigenvalue weighted by Gasteiger charge is 2.28. The van der Waals surface area contributed by atoms with Crippen molar-refractivity contribution in [2.24, 2.45) is 0 Å². The van der Waals surface area contributed by atoms with Gasteiger partial charge >= 0.3 is 5.97 Å². The van der Waals surface area contributed by atoms with Crippen molar-refractivity contribution in [3.63, 3.8) is 0 Å². The van der Waals surface area contributed by atoms with Gasteiger partial charge in [-0.1, -0.05) is 12.8 Å². The molecule has 0 radical (unpaired) electrons. The number of amides is 1. The van der Waals surface area contributed by atoms with E-state index in [1.54, 1.807) is 0 Å². The molecule has 0 aliphatic heterocycles. The molecule has 1 amide bonds. The Hall–Kier alpha value is -2.83. The van der Waals surface area contributed by atoms with Crippen LogP contribution in [0.5, 0.6) is 0 Å². The molecule has 0 unspecified atom stereocenters. The second-order valence-electron chi connectivity index (χ2n) is 6.34. The fourth-order valence-corrected chi connectivity index (χ4v) is 3.24. The average Bonchev–Trinajstić information content (AvgIpc) is 3.16. The maximum atomic E-state index is 14.0. The van der Waals surface area contributed by atoms with Crippen molar-refractivity contribution in [1.82, 2.24) is 9.88 Å². The summed E-state index contributed by atoms with van der Waals surface area (Å²) in [7, 11) is 0. The second-order valence-corrected chi connectivity index (χ2v) is 6.34. The summed E-state index contributed by atoms with van der Waals surface area (Å²) < 4.78 is 27.5. The Kier molecular flexibility index (Phi) is 5.25. The molecule has 0 saturated heterocycles. The van der Waals surface area contributed by atoms with Crippen LogP contribution in [0.4, 0.5) is 8.78 Å². The van der Waals surface area contributed by atoms with Gasteiger partial charge in [0, 0.05) is 24.3 Å². The number of carboxylic acids is 1. The van der Waals surface area contributed by atoms with Crippen molar-refractivity contribution in [1.29, 1.82) is 0 Å². The molecule has 1 aliphatic rings. The molecular weight excluding hydrogens is 342 g/mol. The summed E-state index contributed by atoms with van der Waals surface area (Å²) in [6.07, 6.45) is 4.73. The van der Waals surface area contributed by atoms with Crippen LogP contribution in [0, 0.1) is 11.6 Å². The summed E-state index contributed by atoms with van der Waals surface area (Å²) in [4.78, 5) is 29.1. The molecule has 3 rings (SSSR count). The van der Waals surface area contributed by atoms with E-state index in [-0.39, 0.29) is 35.3 Å². The molecule has 0 bridgehead atoms. The van der Waals surface area contributed by atoms with E-state index in [9.17, 15) is 18.4 Å². The second kappa shape index (κ2) is 7.59. The van der Waals surface area contributed by atoms with Gasteiger partial charge in [0.15, 0.2) is 0 Å². The van der Waals surface area contributed by atoms with Gasteiger partial charge in [0.25, 0.3) is 5.91 Å². The fraction of sp³-hybridized carbons (Fsp3) is 0.316. The topological polar surface area (TPSA) is 70.5 Å². The quantitative estimate of drug-likeness (QED) is 0.884. The van der Waals surface area contributed by atoms with Crippen LogP contribution in [0.2, 0.25) is 0 Å². The van der Waals surface area contributed by atoms with Gasteiger partial charge in [-0.15, -0.1) is 0 Å². The van der Waals surface area contributed by atoms with Crippen LogP contribution < -0.4 is 0 Å². The third-order valence-corrected chi connectivity index (χ3v) is 4.60. The van der Waals surface area contributed by atoms with Crippen LogP contribution in [0.3, 0.4) is 0 Å². The van der Waals surface area contributed by atoms with Crippen LogP contribution in [0.1, 0.15) is 52.1 Å². The third-order valence-electron chi connectivity index (χ3n) is 4.60. The molecule has 26 heavy (non-hydrogen) atoms. The lowest BCUT2D eigenvalue weighted by Gasteiger charge is -2.29. The summed E-state index contributed by atoms with van der Waals surface area (Å²) >= 11 is 0. The number of halogens is 2. The summed E-state index contributed by atoms with van der Waals surface area (Å²) in [5.74, 6) is -2.68. The number of carboxylic acid groups (broad SMARTS) is 1. The molecule has 1 aromatic heterocycles. The zero-order valence-electron chi connectivity index (χ0n) is 14.0. The Balaban J connectivity index is 1.89. The number of aromatic carboxylic acids is 1. The van der Waals surface area contributed by atoms with Gasteiger partial charge in [-0.2, -0.15) is 0 Å². The molecule has 7 heteroatoms. The van der Waals surface area contributed by atoms with Crippen LogP contribution in [-0.2, 0) is 6.54 Å². The summed E-state index contributed by atoms with van der Waals surface area (Å²) in [6, 6.07) is 5.76. The van der Waals surface area contributed by atoms with Crippen molar-refractivity contribution in [2.45, 2.75) is 38.3 Å². The highest BCUT2D eigenvalue weighted by molar-refractivity contribution is 5.95. The Morgan fingerprint density at radius 3 is 2.50 bits per heavy atom. The van der Waals surface area contributed by atoms with E-state index in [4.69, 9.17) is 5.11 Å². The maximum absolute atomic E-state index is 14.0. The zero-order chi connectivity index (χ0) is 18.7. The molecule has 1 heterocycles. The number of carbonyl (C=O) groups excluding carboxylic acids is 1. The Morgan fingerprint density at radius 2 is 1.88 bits per heavy atom. The molecule has 1 N–H and O–H groups in total. The van der Waals surface area contributed by atoms with E-state index in [0.29, 0.717) is 0 Å². The van der Waals surface area contributed by atoms with E-state index >= 15 is 0 Å². The van der Waals surface area contributed by atoms with Crippen molar-refractivity contribution < 1.29 is 23.5 Å². The minimum atomic E-state index is -1.18. The molecule has 136 valence electrons. The minimum Gasteiger partial charge on any atom is -0.477 e. The van der Waals surface area contributed by atoms with Crippen molar-refractivity contribution in [2.75, 3.05) is 0 Å². The molecule has 0 atom stereocenters. The monoisotopic (exact) mass is 360 g/mol. The van der Waals surface area contributed by atoms with Gasteiger partial charge in [-0.25, -0.2) is 18.6 Å². The first kappa shape index (κ1) is 18.0. The summed E-state index contributed by atoms with van der Waals surface area (Å²) in [5.41, 5.74) is 0.171. The smallest absolute Gasteiger partial charge is 0.354 e. The predicted octanol–water partition coefficient (Wildman–Crippen LogP) is 3.64. The zero-order valence-corrected chi connectivity index (χ0v) is 14.0. The fourth-order valence-electron chi connectivity index (χ4n) is 3.24. The number of benzene rings is 1. The molecule has 0 spiro atoms. The Labute approximate surface area is 149 Å². The number of pyridine rings is 1. The maximum Gasteiger partial charge on any atom is 0.354 e. The first-order valence-electron chi connectivity index (χ1n) is 8.40. The molecule has 1 aliphatic carbocycles. The van der Waals surface area contributed by atoms with E-state index in [1.807, 2.05) is 0 Å². The van der Waals surface area contributed by atoms with E-state index in [1.165, 1.54) is 23.2 Å². The minimum absolute atomic E-state index is 0.0478. The van der Waals surface area contributed by atoms with Gasteiger partial charge in [0.05, 0.1) is 5.56 Å². The lowest BCUT2D eigenvalue weighted by atomic mass is 10.1. The van der Waals surface area contributed by atoms with Crippen LogP contribution in [0.15, 0.2) is 36.5 Å². The Bertz CT molecular complexity index is 818. The van der Waals surface area contributed by atoms with E-state index in [0.717, 1.165) is 43.9 Å². The third kappa shape index (κ3) is 3.87. The number of hydrogen-bond acceptors (Lipinski definition) is 3. The SMILES string of the molecule is O=C(O)c1ccc(C(=O)N(Cc2cc(F)ccc2F)C2CCCC2)cn1.